The molecule has 0 fully saturated rings. The molecule has 0 unspecified atom stereocenters. The molecule has 0 aliphatic heterocycles. The van der Waals surface area contributed by atoms with E-state index in [1.54, 1.807) is 30.6 Å². The summed E-state index contributed by atoms with van der Waals surface area (Å²) < 4.78 is 15.8. The topological polar surface area (TPSA) is 57.7 Å². The summed E-state index contributed by atoms with van der Waals surface area (Å²) in [6, 6.07) is 6.96. The monoisotopic (exact) mass is 299 g/mol. The SMILES string of the molecule is COc1ccc(C(=O)/C=C/c2ccncc2)c(OC)c1OC. The summed E-state index contributed by atoms with van der Waals surface area (Å²) in [5.74, 6) is 1.07. The molecule has 0 aliphatic carbocycles. The van der Waals surface area contributed by atoms with E-state index >= 15 is 0 Å². The van der Waals surface area contributed by atoms with Crippen molar-refractivity contribution in [3.05, 3.63) is 53.9 Å². The maximum atomic E-state index is 12.4. The van der Waals surface area contributed by atoms with Gasteiger partial charge in [0.15, 0.2) is 17.3 Å². The number of ether oxygens (including phenoxy) is 3. The lowest BCUT2D eigenvalue weighted by atomic mass is 10.1. The van der Waals surface area contributed by atoms with Crippen LogP contribution in [0.1, 0.15) is 15.9 Å². The molecule has 5 heteroatoms. The van der Waals surface area contributed by atoms with Gasteiger partial charge in [0.25, 0.3) is 0 Å². The third-order valence-corrected chi connectivity index (χ3v) is 3.10. The minimum Gasteiger partial charge on any atom is -0.493 e. The quantitative estimate of drug-likeness (QED) is 0.606. The second-order valence-corrected chi connectivity index (χ2v) is 4.36. The Hall–Kier alpha value is -2.82. The van der Waals surface area contributed by atoms with Gasteiger partial charge in [-0.25, -0.2) is 0 Å². The van der Waals surface area contributed by atoms with Gasteiger partial charge in [-0.3, -0.25) is 9.78 Å². The molecule has 0 saturated heterocycles. The molecule has 1 aromatic carbocycles. The molecule has 0 radical (unpaired) electrons. The molecule has 0 amide bonds. The van der Waals surface area contributed by atoms with Crippen molar-refractivity contribution in [3.8, 4) is 17.2 Å². The van der Waals surface area contributed by atoms with Crippen LogP contribution in [0.25, 0.3) is 6.08 Å². The van der Waals surface area contributed by atoms with Gasteiger partial charge in [0.05, 0.1) is 26.9 Å². The first kappa shape index (κ1) is 15.6. The molecule has 114 valence electrons. The van der Waals surface area contributed by atoms with E-state index in [1.165, 1.54) is 27.4 Å². The summed E-state index contributed by atoms with van der Waals surface area (Å²) in [5.41, 5.74) is 1.30. The normalized spacial score (nSPS) is 10.5. The first-order chi connectivity index (χ1) is 10.7. The van der Waals surface area contributed by atoms with Crippen LogP contribution in [0.4, 0.5) is 0 Å². The molecule has 0 aliphatic rings. The highest BCUT2D eigenvalue weighted by atomic mass is 16.5. The second kappa shape index (κ2) is 7.26. The Labute approximate surface area is 129 Å². The van der Waals surface area contributed by atoms with E-state index < -0.39 is 0 Å². The van der Waals surface area contributed by atoms with Crippen molar-refractivity contribution in [3.63, 3.8) is 0 Å². The molecule has 0 atom stereocenters. The molecule has 1 aromatic heterocycles. The number of methoxy groups -OCH3 is 3. The molecule has 5 nitrogen and oxygen atoms in total. The van der Waals surface area contributed by atoms with Crippen LogP contribution in [0, 0.1) is 0 Å². The van der Waals surface area contributed by atoms with Gasteiger partial charge in [-0.15, -0.1) is 0 Å². The standard InChI is InChI=1S/C17H17NO4/c1-20-15-7-5-13(16(21-2)17(15)22-3)14(19)6-4-12-8-10-18-11-9-12/h4-11H,1-3H3/b6-4+. The van der Waals surface area contributed by atoms with Crippen LogP contribution in [0.2, 0.25) is 0 Å². The Morgan fingerprint density at radius 2 is 1.64 bits per heavy atom. The van der Waals surface area contributed by atoms with E-state index in [4.69, 9.17) is 14.2 Å². The molecule has 0 bridgehead atoms. The van der Waals surface area contributed by atoms with Crippen molar-refractivity contribution >= 4 is 11.9 Å². The van der Waals surface area contributed by atoms with E-state index in [1.807, 2.05) is 12.1 Å². The number of benzene rings is 1. The average molecular weight is 299 g/mol. The fourth-order valence-electron chi connectivity index (χ4n) is 2.03. The van der Waals surface area contributed by atoms with Gasteiger partial charge in [-0.2, -0.15) is 0 Å². The predicted octanol–water partition coefficient (Wildman–Crippen LogP) is 3.00. The van der Waals surface area contributed by atoms with Gasteiger partial charge in [-0.05, 0) is 35.9 Å². The summed E-state index contributed by atoms with van der Waals surface area (Å²) in [6.07, 6.45) is 6.54. The van der Waals surface area contributed by atoms with E-state index in [0.717, 1.165) is 5.56 Å². The number of nitrogens with zero attached hydrogens (tertiary/aromatic N) is 1. The zero-order valence-electron chi connectivity index (χ0n) is 12.7. The van der Waals surface area contributed by atoms with Gasteiger partial charge < -0.3 is 14.2 Å². The van der Waals surface area contributed by atoms with Crippen molar-refractivity contribution in [2.75, 3.05) is 21.3 Å². The van der Waals surface area contributed by atoms with E-state index in [-0.39, 0.29) is 5.78 Å². The molecular formula is C17H17NO4. The molecule has 0 N–H and O–H groups in total. The molecule has 0 spiro atoms. The number of rotatable bonds is 6. The van der Waals surface area contributed by atoms with Gasteiger partial charge in [-0.1, -0.05) is 6.08 Å². The van der Waals surface area contributed by atoms with Crippen molar-refractivity contribution in [1.82, 2.24) is 4.98 Å². The minimum atomic E-state index is -0.186. The molecule has 22 heavy (non-hydrogen) atoms. The van der Waals surface area contributed by atoms with Crippen LogP contribution in [-0.2, 0) is 0 Å². The Morgan fingerprint density at radius 1 is 0.955 bits per heavy atom. The second-order valence-electron chi connectivity index (χ2n) is 4.36. The Morgan fingerprint density at radius 3 is 2.23 bits per heavy atom. The summed E-state index contributed by atoms with van der Waals surface area (Å²) in [6.45, 7) is 0. The van der Waals surface area contributed by atoms with Gasteiger partial charge in [0.1, 0.15) is 0 Å². The van der Waals surface area contributed by atoms with E-state index in [0.29, 0.717) is 22.8 Å². The predicted molar refractivity (Wildman–Crippen MR) is 83.7 cm³/mol. The lowest BCUT2D eigenvalue weighted by Crippen LogP contribution is -2.02. The molecule has 2 rings (SSSR count). The number of hydrogen-bond donors (Lipinski definition) is 0. The number of pyridine rings is 1. The molecule has 2 aromatic rings. The van der Waals surface area contributed by atoms with Crippen molar-refractivity contribution in [2.24, 2.45) is 0 Å². The molecular weight excluding hydrogens is 282 g/mol. The zero-order chi connectivity index (χ0) is 15.9. The first-order valence-electron chi connectivity index (χ1n) is 6.62. The number of ketones is 1. The van der Waals surface area contributed by atoms with Crippen LogP contribution in [0.3, 0.4) is 0 Å². The summed E-state index contributed by atoms with van der Waals surface area (Å²) in [7, 11) is 4.52. The number of hydrogen-bond acceptors (Lipinski definition) is 5. The third kappa shape index (κ3) is 3.25. The lowest BCUT2D eigenvalue weighted by molar-refractivity contribution is 0.104. The summed E-state index contributed by atoms with van der Waals surface area (Å²) >= 11 is 0. The van der Waals surface area contributed by atoms with Gasteiger partial charge in [0.2, 0.25) is 5.75 Å². The number of allylic oxidation sites excluding steroid dienone is 1. The number of carbonyl (C=O) groups excluding carboxylic acids is 1. The Balaban J connectivity index is 2.35. The highest BCUT2D eigenvalue weighted by Gasteiger charge is 2.19. The number of aromatic nitrogens is 1. The van der Waals surface area contributed by atoms with Gasteiger partial charge in [0, 0.05) is 12.4 Å². The maximum Gasteiger partial charge on any atom is 0.204 e. The lowest BCUT2D eigenvalue weighted by Gasteiger charge is -2.14. The van der Waals surface area contributed by atoms with E-state index in [9.17, 15) is 4.79 Å². The zero-order valence-corrected chi connectivity index (χ0v) is 12.7. The number of carbonyl (C=O) groups is 1. The first-order valence-corrected chi connectivity index (χ1v) is 6.62. The summed E-state index contributed by atoms with van der Waals surface area (Å²) in [4.78, 5) is 16.3. The van der Waals surface area contributed by atoms with Crippen molar-refractivity contribution < 1.29 is 19.0 Å². The largest absolute Gasteiger partial charge is 0.493 e. The van der Waals surface area contributed by atoms with Crippen molar-refractivity contribution in [2.45, 2.75) is 0 Å². The minimum absolute atomic E-state index is 0.186. The highest BCUT2D eigenvalue weighted by Crippen LogP contribution is 2.39. The highest BCUT2D eigenvalue weighted by molar-refractivity contribution is 6.09. The Bertz CT molecular complexity index is 681. The van der Waals surface area contributed by atoms with Crippen LogP contribution < -0.4 is 14.2 Å². The molecule has 1 heterocycles. The average Bonchev–Trinajstić information content (AvgIpc) is 2.58. The van der Waals surface area contributed by atoms with Crippen LogP contribution >= 0.6 is 0 Å². The van der Waals surface area contributed by atoms with E-state index in [2.05, 4.69) is 4.98 Å². The van der Waals surface area contributed by atoms with Crippen LogP contribution in [-0.4, -0.2) is 32.1 Å². The fraction of sp³-hybridized carbons (Fsp3) is 0.176. The summed E-state index contributed by atoms with van der Waals surface area (Å²) in [5, 5.41) is 0. The van der Waals surface area contributed by atoms with Crippen molar-refractivity contribution in [1.29, 1.82) is 0 Å². The third-order valence-electron chi connectivity index (χ3n) is 3.10. The molecule has 0 saturated carbocycles. The van der Waals surface area contributed by atoms with Crippen LogP contribution in [0.5, 0.6) is 17.2 Å². The smallest absolute Gasteiger partial charge is 0.204 e. The fourth-order valence-corrected chi connectivity index (χ4v) is 2.03. The maximum absolute atomic E-state index is 12.4. The van der Waals surface area contributed by atoms with Crippen LogP contribution in [0.15, 0.2) is 42.7 Å². The van der Waals surface area contributed by atoms with Gasteiger partial charge >= 0.3 is 0 Å². The Kier molecular flexibility index (Phi) is 5.14.